The van der Waals surface area contributed by atoms with Crippen molar-refractivity contribution in [3.05, 3.63) is 54.1 Å². The monoisotopic (exact) mass is 416 g/mol. The minimum atomic E-state index is -1.36. The van der Waals surface area contributed by atoms with Crippen molar-refractivity contribution in [1.29, 1.82) is 0 Å². The van der Waals surface area contributed by atoms with Crippen LogP contribution in [-0.4, -0.2) is 56.9 Å². The molecule has 30 heavy (non-hydrogen) atoms. The topological polar surface area (TPSA) is 193 Å². The lowest BCUT2D eigenvalue weighted by Gasteiger charge is -2.22. The Morgan fingerprint density at radius 3 is 2.27 bits per heavy atom. The van der Waals surface area contributed by atoms with Crippen LogP contribution < -0.4 is 22.1 Å². The molecule has 160 valence electrons. The minimum absolute atomic E-state index is 0.0263. The summed E-state index contributed by atoms with van der Waals surface area (Å²) >= 11 is 0. The number of H-pyrrole nitrogens is 1. The number of aromatic amines is 1. The molecule has 11 heteroatoms. The largest absolute Gasteiger partial charge is 0.480 e. The number of carboxylic acid groups (broad SMARTS) is 1. The fourth-order valence-corrected chi connectivity index (χ4v) is 2.74. The Bertz CT molecular complexity index is 871. The zero-order valence-electron chi connectivity index (χ0n) is 16.1. The average molecular weight is 416 g/mol. The van der Waals surface area contributed by atoms with Crippen LogP contribution in [0, 0.1) is 0 Å². The van der Waals surface area contributed by atoms with E-state index in [1.807, 2.05) is 0 Å². The maximum absolute atomic E-state index is 12.6. The Labute approximate surface area is 172 Å². The number of carbonyl (C=O) groups is 4. The molecule has 1 aromatic heterocycles. The van der Waals surface area contributed by atoms with Crippen molar-refractivity contribution in [2.24, 2.45) is 11.5 Å². The van der Waals surface area contributed by atoms with Gasteiger partial charge in [-0.15, -0.1) is 0 Å². The fraction of sp³-hybridized carbons (Fsp3) is 0.316. The molecule has 0 radical (unpaired) electrons. The number of carboxylic acids is 1. The minimum Gasteiger partial charge on any atom is -0.480 e. The number of hydrogen-bond donors (Lipinski definition) is 6. The van der Waals surface area contributed by atoms with Gasteiger partial charge in [0.15, 0.2) is 0 Å². The van der Waals surface area contributed by atoms with Gasteiger partial charge in [-0.2, -0.15) is 0 Å². The van der Waals surface area contributed by atoms with E-state index in [-0.39, 0.29) is 12.8 Å². The standard InChI is InChI=1S/C19H24N6O5/c20-13(7-12-9-22-10-23-12)17(27)24-14(8-16(21)26)18(28)25-15(19(29)30)6-11-4-2-1-3-5-11/h1-5,9-10,13-15H,6-8,20H2,(H2,21,26)(H,22,23)(H,24,27)(H,25,28)(H,29,30)/t13-,14-,15+/m1/s1. The highest BCUT2D eigenvalue weighted by molar-refractivity contribution is 5.94. The Balaban J connectivity index is 2.04. The number of benzene rings is 1. The number of rotatable bonds is 11. The zero-order valence-corrected chi connectivity index (χ0v) is 16.1. The van der Waals surface area contributed by atoms with Crippen molar-refractivity contribution in [3.8, 4) is 0 Å². The van der Waals surface area contributed by atoms with E-state index >= 15 is 0 Å². The van der Waals surface area contributed by atoms with E-state index in [0.29, 0.717) is 11.3 Å². The fourth-order valence-electron chi connectivity index (χ4n) is 2.74. The maximum Gasteiger partial charge on any atom is 0.326 e. The number of nitrogens with two attached hydrogens (primary N) is 2. The highest BCUT2D eigenvalue weighted by atomic mass is 16.4. The molecule has 0 spiro atoms. The summed E-state index contributed by atoms with van der Waals surface area (Å²) in [5, 5.41) is 14.1. The van der Waals surface area contributed by atoms with Crippen molar-refractivity contribution in [1.82, 2.24) is 20.6 Å². The first kappa shape index (κ1) is 22.6. The van der Waals surface area contributed by atoms with Gasteiger partial charge in [0.2, 0.25) is 17.7 Å². The van der Waals surface area contributed by atoms with Crippen LogP contribution in [-0.2, 0) is 32.0 Å². The summed E-state index contributed by atoms with van der Waals surface area (Å²) in [4.78, 5) is 54.5. The summed E-state index contributed by atoms with van der Waals surface area (Å²) in [5.74, 6) is -3.64. The molecular weight excluding hydrogens is 392 g/mol. The van der Waals surface area contributed by atoms with E-state index < -0.39 is 48.2 Å². The Morgan fingerprint density at radius 2 is 1.70 bits per heavy atom. The average Bonchev–Trinajstić information content (AvgIpc) is 3.20. The second kappa shape index (κ2) is 10.7. The molecule has 0 fully saturated rings. The SMILES string of the molecule is NC(=O)C[C@@H](NC(=O)[C@H](N)Cc1cnc[nH]1)C(=O)N[C@@H](Cc1ccccc1)C(=O)O. The molecule has 1 aromatic carbocycles. The highest BCUT2D eigenvalue weighted by Crippen LogP contribution is 2.05. The molecule has 0 bridgehead atoms. The smallest absolute Gasteiger partial charge is 0.326 e. The predicted molar refractivity (Wildman–Crippen MR) is 106 cm³/mol. The van der Waals surface area contributed by atoms with Crippen LogP contribution in [0.2, 0.25) is 0 Å². The van der Waals surface area contributed by atoms with Crippen LogP contribution in [0.25, 0.3) is 0 Å². The van der Waals surface area contributed by atoms with Gasteiger partial charge < -0.3 is 32.2 Å². The van der Waals surface area contributed by atoms with Gasteiger partial charge >= 0.3 is 5.97 Å². The number of nitrogens with one attached hydrogen (secondary N) is 3. The maximum atomic E-state index is 12.6. The van der Waals surface area contributed by atoms with Crippen LogP contribution in [0.3, 0.4) is 0 Å². The zero-order chi connectivity index (χ0) is 22.1. The van der Waals surface area contributed by atoms with E-state index in [0.717, 1.165) is 0 Å². The summed E-state index contributed by atoms with van der Waals surface area (Å²) in [6.45, 7) is 0. The van der Waals surface area contributed by atoms with Crippen LogP contribution in [0.15, 0.2) is 42.9 Å². The van der Waals surface area contributed by atoms with Crippen molar-refractivity contribution in [3.63, 3.8) is 0 Å². The van der Waals surface area contributed by atoms with Gasteiger partial charge in [-0.05, 0) is 5.56 Å². The quantitative estimate of drug-likeness (QED) is 0.255. The van der Waals surface area contributed by atoms with Gasteiger partial charge in [-0.25, -0.2) is 9.78 Å². The van der Waals surface area contributed by atoms with Crippen LogP contribution in [0.4, 0.5) is 0 Å². The molecule has 3 atom stereocenters. The molecule has 0 aliphatic carbocycles. The number of hydrogen-bond acceptors (Lipinski definition) is 6. The van der Waals surface area contributed by atoms with Gasteiger partial charge in [0.1, 0.15) is 12.1 Å². The molecule has 3 amide bonds. The Hall–Kier alpha value is -3.73. The lowest BCUT2D eigenvalue weighted by Crippen LogP contribution is -2.56. The lowest BCUT2D eigenvalue weighted by atomic mass is 10.0. The summed E-state index contributed by atoms with van der Waals surface area (Å²) in [6.07, 6.45) is 2.58. The number of imidazole rings is 1. The summed E-state index contributed by atoms with van der Waals surface area (Å²) in [5.41, 5.74) is 12.3. The molecule has 2 rings (SSSR count). The van der Waals surface area contributed by atoms with E-state index in [1.54, 1.807) is 30.3 Å². The molecule has 0 saturated heterocycles. The van der Waals surface area contributed by atoms with Gasteiger partial charge in [-0.3, -0.25) is 14.4 Å². The van der Waals surface area contributed by atoms with E-state index in [1.165, 1.54) is 12.5 Å². The summed E-state index contributed by atoms with van der Waals surface area (Å²) in [7, 11) is 0. The number of amides is 3. The van der Waals surface area contributed by atoms with Crippen molar-refractivity contribution in [2.45, 2.75) is 37.4 Å². The number of primary amides is 1. The van der Waals surface area contributed by atoms with Crippen molar-refractivity contribution in [2.75, 3.05) is 0 Å². The van der Waals surface area contributed by atoms with Crippen molar-refractivity contribution < 1.29 is 24.3 Å². The molecule has 0 aliphatic heterocycles. The van der Waals surface area contributed by atoms with E-state index in [4.69, 9.17) is 11.5 Å². The van der Waals surface area contributed by atoms with Gasteiger partial charge in [0.05, 0.1) is 18.8 Å². The Kier molecular flexibility index (Phi) is 8.06. The van der Waals surface area contributed by atoms with Gasteiger partial charge in [0.25, 0.3) is 0 Å². The van der Waals surface area contributed by atoms with E-state index in [2.05, 4.69) is 20.6 Å². The first-order valence-corrected chi connectivity index (χ1v) is 9.15. The first-order chi connectivity index (χ1) is 14.3. The van der Waals surface area contributed by atoms with Crippen molar-refractivity contribution >= 4 is 23.7 Å². The third-order valence-corrected chi connectivity index (χ3v) is 4.27. The Morgan fingerprint density at radius 1 is 1.03 bits per heavy atom. The summed E-state index contributed by atoms with van der Waals surface area (Å²) < 4.78 is 0. The number of carbonyl (C=O) groups excluding carboxylic acids is 3. The summed E-state index contributed by atoms with van der Waals surface area (Å²) in [6, 6.07) is 5.07. The number of aromatic nitrogens is 2. The van der Waals surface area contributed by atoms with Crippen LogP contribution in [0.1, 0.15) is 17.7 Å². The molecular formula is C19H24N6O5. The third-order valence-electron chi connectivity index (χ3n) is 4.27. The lowest BCUT2D eigenvalue weighted by molar-refractivity contribution is -0.142. The number of nitrogens with zero attached hydrogens (tertiary/aromatic N) is 1. The normalized spacial score (nSPS) is 13.6. The number of aliphatic carboxylic acids is 1. The molecule has 1 heterocycles. The molecule has 11 nitrogen and oxygen atoms in total. The second-order valence-corrected chi connectivity index (χ2v) is 6.71. The van der Waals surface area contributed by atoms with Crippen LogP contribution >= 0.6 is 0 Å². The first-order valence-electron chi connectivity index (χ1n) is 9.15. The third kappa shape index (κ3) is 7.02. The van der Waals surface area contributed by atoms with Gasteiger partial charge in [-0.1, -0.05) is 30.3 Å². The molecule has 2 aromatic rings. The second-order valence-electron chi connectivity index (χ2n) is 6.71. The highest BCUT2D eigenvalue weighted by Gasteiger charge is 2.29. The van der Waals surface area contributed by atoms with Crippen LogP contribution in [0.5, 0.6) is 0 Å². The molecule has 8 N–H and O–H groups in total. The van der Waals surface area contributed by atoms with E-state index in [9.17, 15) is 24.3 Å². The predicted octanol–water partition coefficient (Wildman–Crippen LogP) is -1.55. The molecule has 0 aliphatic rings. The molecule has 0 saturated carbocycles. The molecule has 0 unspecified atom stereocenters. The van der Waals surface area contributed by atoms with Gasteiger partial charge in [0, 0.05) is 24.7 Å².